The molecule has 2 amide bonds. The van der Waals surface area contributed by atoms with Crippen LogP contribution in [0.4, 0.5) is 4.79 Å². The second-order valence-electron chi connectivity index (χ2n) is 4.70. The van der Waals surface area contributed by atoms with Crippen LogP contribution in [0.15, 0.2) is 34.7 Å². The smallest absolute Gasteiger partial charge is 0.320 e. The van der Waals surface area contributed by atoms with E-state index in [1.165, 1.54) is 4.90 Å². The zero-order valence-electron chi connectivity index (χ0n) is 10.6. The number of carbonyl (C=O) groups excluding carboxylic acids is 2. The summed E-state index contributed by atoms with van der Waals surface area (Å²) in [6.07, 6.45) is 0. The van der Waals surface area contributed by atoms with Crippen molar-refractivity contribution < 1.29 is 14.0 Å². The highest BCUT2D eigenvalue weighted by Gasteiger charge is 2.28. The Kier molecular flexibility index (Phi) is 2.74. The van der Waals surface area contributed by atoms with Crippen molar-refractivity contribution in [3.05, 3.63) is 36.1 Å². The molecule has 0 aliphatic carbocycles. The van der Waals surface area contributed by atoms with Crippen LogP contribution < -0.4 is 0 Å². The summed E-state index contributed by atoms with van der Waals surface area (Å²) in [4.78, 5) is 27.0. The minimum Gasteiger partial charge on any atom is -0.453 e. The van der Waals surface area contributed by atoms with Gasteiger partial charge in [-0.1, -0.05) is 18.2 Å². The van der Waals surface area contributed by atoms with Crippen molar-refractivity contribution in [1.29, 1.82) is 0 Å². The molecule has 0 spiro atoms. The standard InChI is InChI=1S/C14H14N2O3/c1-15-6-7-16(14(15)18)9-11(17)13-8-10-4-2-3-5-12(10)19-13/h2-5,8H,6-7,9H2,1H3. The Balaban J connectivity index is 1.79. The molecule has 0 radical (unpaired) electrons. The number of furan rings is 1. The van der Waals surface area contributed by atoms with Gasteiger partial charge in [-0.15, -0.1) is 0 Å². The van der Waals surface area contributed by atoms with Gasteiger partial charge in [-0.3, -0.25) is 4.79 Å². The molecule has 1 saturated heterocycles. The van der Waals surface area contributed by atoms with Gasteiger partial charge in [0.05, 0.1) is 6.54 Å². The number of para-hydroxylation sites is 1. The molecule has 0 bridgehead atoms. The molecular formula is C14H14N2O3. The van der Waals surface area contributed by atoms with Gasteiger partial charge in [0.25, 0.3) is 0 Å². The number of ketones is 1. The summed E-state index contributed by atoms with van der Waals surface area (Å²) in [7, 11) is 1.73. The third-order valence-corrected chi connectivity index (χ3v) is 3.34. The van der Waals surface area contributed by atoms with E-state index in [9.17, 15) is 9.59 Å². The first kappa shape index (κ1) is 11.8. The Morgan fingerprint density at radius 1 is 1.32 bits per heavy atom. The van der Waals surface area contributed by atoms with Crippen LogP contribution in [0.3, 0.4) is 0 Å². The van der Waals surface area contributed by atoms with E-state index in [0.29, 0.717) is 24.4 Å². The van der Waals surface area contributed by atoms with E-state index >= 15 is 0 Å². The maximum absolute atomic E-state index is 12.1. The molecule has 5 nitrogen and oxygen atoms in total. The Bertz CT molecular complexity index is 614. The third-order valence-electron chi connectivity index (χ3n) is 3.34. The molecule has 5 heteroatoms. The Hall–Kier alpha value is -2.30. The van der Waals surface area contributed by atoms with Gasteiger partial charge in [-0.05, 0) is 12.1 Å². The number of amides is 2. The normalized spacial score (nSPS) is 15.5. The van der Waals surface area contributed by atoms with Gasteiger partial charge >= 0.3 is 6.03 Å². The summed E-state index contributed by atoms with van der Waals surface area (Å²) in [5.41, 5.74) is 0.690. The summed E-state index contributed by atoms with van der Waals surface area (Å²) in [6, 6.07) is 9.08. The summed E-state index contributed by atoms with van der Waals surface area (Å²) < 4.78 is 5.50. The van der Waals surface area contributed by atoms with E-state index in [4.69, 9.17) is 4.42 Å². The molecule has 1 aromatic heterocycles. The largest absolute Gasteiger partial charge is 0.453 e. The monoisotopic (exact) mass is 258 g/mol. The number of likely N-dealkylation sites (N-methyl/N-ethyl adjacent to an activating group) is 1. The first-order valence-corrected chi connectivity index (χ1v) is 6.17. The molecule has 1 fully saturated rings. The number of benzene rings is 1. The topological polar surface area (TPSA) is 53.8 Å². The number of hydrogen-bond donors (Lipinski definition) is 0. The maximum Gasteiger partial charge on any atom is 0.320 e. The van der Waals surface area contributed by atoms with Gasteiger partial charge in [-0.25, -0.2) is 4.79 Å². The van der Waals surface area contributed by atoms with Crippen molar-refractivity contribution in [3.8, 4) is 0 Å². The van der Waals surface area contributed by atoms with Crippen molar-refractivity contribution in [2.24, 2.45) is 0 Å². The minimum atomic E-state index is -0.167. The predicted molar refractivity (Wildman–Crippen MR) is 70.1 cm³/mol. The Labute approximate surface area is 110 Å². The average molecular weight is 258 g/mol. The van der Waals surface area contributed by atoms with Crippen molar-refractivity contribution in [1.82, 2.24) is 9.80 Å². The second-order valence-corrected chi connectivity index (χ2v) is 4.70. The lowest BCUT2D eigenvalue weighted by Crippen LogP contribution is -2.33. The summed E-state index contributed by atoms with van der Waals surface area (Å²) in [5.74, 6) is 0.142. The van der Waals surface area contributed by atoms with Crippen LogP contribution in [0.5, 0.6) is 0 Å². The van der Waals surface area contributed by atoms with Crippen molar-refractivity contribution in [3.63, 3.8) is 0 Å². The van der Waals surface area contributed by atoms with E-state index in [2.05, 4.69) is 0 Å². The molecular weight excluding hydrogens is 244 g/mol. The highest BCUT2D eigenvalue weighted by atomic mass is 16.3. The fourth-order valence-electron chi connectivity index (χ4n) is 2.22. The lowest BCUT2D eigenvalue weighted by atomic mass is 10.2. The van der Waals surface area contributed by atoms with Crippen molar-refractivity contribution in [2.45, 2.75) is 0 Å². The molecule has 1 aromatic carbocycles. The van der Waals surface area contributed by atoms with Crippen molar-refractivity contribution in [2.75, 3.05) is 26.7 Å². The van der Waals surface area contributed by atoms with Crippen LogP contribution in [-0.2, 0) is 0 Å². The Morgan fingerprint density at radius 3 is 2.79 bits per heavy atom. The Morgan fingerprint density at radius 2 is 2.11 bits per heavy atom. The second kappa shape index (κ2) is 4.42. The number of hydrogen-bond acceptors (Lipinski definition) is 3. The summed E-state index contributed by atoms with van der Waals surface area (Å²) >= 11 is 0. The molecule has 2 aromatic rings. The van der Waals surface area contributed by atoms with Crippen molar-refractivity contribution >= 4 is 22.8 Å². The molecule has 1 aliphatic heterocycles. The lowest BCUT2D eigenvalue weighted by Gasteiger charge is -2.13. The minimum absolute atomic E-state index is 0.0724. The quantitative estimate of drug-likeness (QED) is 0.791. The maximum atomic E-state index is 12.1. The highest BCUT2D eigenvalue weighted by molar-refractivity contribution is 6.00. The van der Waals surface area contributed by atoms with Crippen LogP contribution in [0.1, 0.15) is 10.6 Å². The average Bonchev–Trinajstić information content (AvgIpc) is 2.97. The van der Waals surface area contributed by atoms with Crippen LogP contribution in [0.2, 0.25) is 0 Å². The van der Waals surface area contributed by atoms with Gasteiger partial charge in [-0.2, -0.15) is 0 Å². The van der Waals surface area contributed by atoms with Gasteiger partial charge in [0, 0.05) is 25.5 Å². The van der Waals surface area contributed by atoms with E-state index in [0.717, 1.165) is 5.39 Å². The van der Waals surface area contributed by atoms with Crippen LogP contribution in [0.25, 0.3) is 11.0 Å². The summed E-state index contributed by atoms with van der Waals surface area (Å²) in [6.45, 7) is 1.32. The molecule has 3 rings (SSSR count). The number of Topliss-reactive ketones (excluding diaryl/α,β-unsaturated/α-hetero) is 1. The van der Waals surface area contributed by atoms with Crippen LogP contribution in [-0.4, -0.2) is 48.3 Å². The van der Waals surface area contributed by atoms with Gasteiger partial charge in [0.2, 0.25) is 5.78 Å². The molecule has 0 N–H and O–H groups in total. The number of fused-ring (bicyclic) bond motifs is 1. The lowest BCUT2D eigenvalue weighted by molar-refractivity contribution is 0.0927. The number of carbonyl (C=O) groups is 2. The first-order valence-electron chi connectivity index (χ1n) is 6.17. The van der Waals surface area contributed by atoms with E-state index in [1.54, 1.807) is 18.0 Å². The molecule has 0 unspecified atom stereocenters. The number of nitrogens with zero attached hydrogens (tertiary/aromatic N) is 2. The first-order chi connectivity index (χ1) is 9.15. The highest BCUT2D eigenvalue weighted by Crippen LogP contribution is 2.19. The number of urea groups is 1. The van der Waals surface area contributed by atoms with Gasteiger partial charge in [0.1, 0.15) is 5.58 Å². The zero-order chi connectivity index (χ0) is 13.4. The number of rotatable bonds is 3. The molecule has 98 valence electrons. The fraction of sp³-hybridized carbons (Fsp3) is 0.286. The van der Waals surface area contributed by atoms with E-state index in [-0.39, 0.29) is 18.4 Å². The molecule has 0 saturated carbocycles. The predicted octanol–water partition coefficient (Wildman–Crippen LogP) is 1.98. The molecule has 0 atom stereocenters. The van der Waals surface area contributed by atoms with Crippen LogP contribution >= 0.6 is 0 Å². The third kappa shape index (κ3) is 2.07. The van der Waals surface area contributed by atoms with E-state index in [1.807, 2.05) is 24.3 Å². The molecule has 19 heavy (non-hydrogen) atoms. The SMILES string of the molecule is CN1CCN(CC(=O)c2cc3ccccc3o2)C1=O. The fourth-order valence-corrected chi connectivity index (χ4v) is 2.22. The molecule has 2 heterocycles. The van der Waals surface area contributed by atoms with E-state index < -0.39 is 0 Å². The zero-order valence-corrected chi connectivity index (χ0v) is 10.6. The molecule has 1 aliphatic rings. The van der Waals surface area contributed by atoms with Crippen LogP contribution in [0, 0.1) is 0 Å². The van der Waals surface area contributed by atoms with Gasteiger partial charge in [0.15, 0.2) is 5.76 Å². The van der Waals surface area contributed by atoms with Gasteiger partial charge < -0.3 is 14.2 Å². The summed E-state index contributed by atoms with van der Waals surface area (Å²) in [5, 5.41) is 0.899.